The molecule has 154 valence electrons. The average Bonchev–Trinajstić information content (AvgIpc) is 3.47. The largest absolute Gasteiger partial charge is 0.332 e. The van der Waals surface area contributed by atoms with Crippen LogP contribution >= 0.6 is 11.3 Å². The van der Waals surface area contributed by atoms with Crippen molar-refractivity contribution >= 4 is 21.6 Å². The third-order valence-corrected chi connectivity index (χ3v) is 7.32. The standard InChI is InChI=1S/C19H26F2N4O2S/c1-11-13(8-23-6-5-22)28-16-14(11)15(26)25(10-18(2)3-4-18)17(27)24(16)9-12-7-19(12,20)21/h12,23H,3-10,22H2,1-2H3. The van der Waals surface area contributed by atoms with Gasteiger partial charge in [-0.05, 0) is 30.7 Å². The highest BCUT2D eigenvalue weighted by molar-refractivity contribution is 7.18. The van der Waals surface area contributed by atoms with Crippen LogP contribution in [0.5, 0.6) is 0 Å². The quantitative estimate of drug-likeness (QED) is 0.650. The van der Waals surface area contributed by atoms with Gasteiger partial charge < -0.3 is 11.1 Å². The van der Waals surface area contributed by atoms with Gasteiger partial charge >= 0.3 is 5.69 Å². The van der Waals surface area contributed by atoms with Gasteiger partial charge in [0.05, 0.1) is 5.39 Å². The maximum absolute atomic E-state index is 13.6. The Balaban J connectivity index is 1.84. The van der Waals surface area contributed by atoms with Gasteiger partial charge in [-0.25, -0.2) is 13.6 Å². The molecule has 6 nitrogen and oxygen atoms in total. The van der Waals surface area contributed by atoms with Crippen molar-refractivity contribution < 1.29 is 8.78 Å². The van der Waals surface area contributed by atoms with Crippen LogP contribution in [0.3, 0.4) is 0 Å². The zero-order valence-corrected chi connectivity index (χ0v) is 17.0. The van der Waals surface area contributed by atoms with Crippen molar-refractivity contribution in [2.45, 2.75) is 58.7 Å². The van der Waals surface area contributed by atoms with E-state index in [1.54, 1.807) is 0 Å². The highest BCUT2D eigenvalue weighted by Crippen LogP contribution is 2.50. The molecule has 2 aromatic rings. The van der Waals surface area contributed by atoms with E-state index in [1.807, 2.05) is 13.8 Å². The van der Waals surface area contributed by atoms with E-state index in [1.165, 1.54) is 20.5 Å². The number of alkyl halides is 2. The first-order valence-corrected chi connectivity index (χ1v) is 10.5. The second kappa shape index (κ2) is 6.74. The van der Waals surface area contributed by atoms with Crippen LogP contribution in [0.4, 0.5) is 8.78 Å². The third kappa shape index (κ3) is 3.44. The normalized spacial score (nSPS) is 22.0. The second-order valence-corrected chi connectivity index (χ2v) is 9.64. The van der Waals surface area contributed by atoms with E-state index in [4.69, 9.17) is 5.73 Å². The molecule has 2 aliphatic carbocycles. The van der Waals surface area contributed by atoms with Gasteiger partial charge in [0.1, 0.15) is 4.83 Å². The lowest BCUT2D eigenvalue weighted by Gasteiger charge is -2.15. The smallest absolute Gasteiger partial charge is 0.329 e. The molecule has 28 heavy (non-hydrogen) atoms. The fourth-order valence-corrected chi connectivity index (χ4v) is 4.92. The number of hydrogen-bond acceptors (Lipinski definition) is 5. The SMILES string of the molecule is Cc1c(CNCCN)sc2c1c(=O)n(CC1(C)CC1)c(=O)n2CC1CC1(F)F. The second-order valence-electron chi connectivity index (χ2n) is 8.55. The first-order valence-electron chi connectivity index (χ1n) is 9.71. The molecule has 0 bridgehead atoms. The summed E-state index contributed by atoms with van der Waals surface area (Å²) in [7, 11) is 0. The Kier molecular flexibility index (Phi) is 4.75. The van der Waals surface area contributed by atoms with Crippen molar-refractivity contribution in [2.24, 2.45) is 17.1 Å². The van der Waals surface area contributed by atoms with Crippen molar-refractivity contribution in [1.82, 2.24) is 14.5 Å². The summed E-state index contributed by atoms with van der Waals surface area (Å²) in [4.78, 5) is 27.7. The summed E-state index contributed by atoms with van der Waals surface area (Å²) in [6.45, 7) is 5.88. The van der Waals surface area contributed by atoms with Crippen LogP contribution in [-0.2, 0) is 19.6 Å². The van der Waals surface area contributed by atoms with Gasteiger partial charge in [0, 0.05) is 49.9 Å². The molecule has 9 heteroatoms. The van der Waals surface area contributed by atoms with Crippen molar-refractivity contribution in [3.63, 3.8) is 0 Å². The molecule has 2 aromatic heterocycles. The molecular weight excluding hydrogens is 386 g/mol. The highest BCUT2D eigenvalue weighted by atomic mass is 32.1. The number of fused-ring (bicyclic) bond motifs is 1. The molecule has 1 atom stereocenters. The van der Waals surface area contributed by atoms with Gasteiger partial charge in [0.2, 0.25) is 0 Å². The molecule has 0 amide bonds. The minimum Gasteiger partial charge on any atom is -0.329 e. The van der Waals surface area contributed by atoms with E-state index in [2.05, 4.69) is 5.32 Å². The Labute approximate surface area is 165 Å². The van der Waals surface area contributed by atoms with Crippen molar-refractivity contribution in [3.05, 3.63) is 31.3 Å². The number of aryl methyl sites for hydroxylation is 1. The van der Waals surface area contributed by atoms with E-state index in [-0.39, 0.29) is 23.9 Å². The van der Waals surface area contributed by atoms with E-state index >= 15 is 0 Å². The third-order valence-electron chi connectivity index (χ3n) is 6.00. The molecule has 2 saturated carbocycles. The highest BCUT2D eigenvalue weighted by Gasteiger charge is 2.57. The minimum absolute atomic E-state index is 0.0467. The van der Waals surface area contributed by atoms with Crippen LogP contribution in [0.25, 0.3) is 10.2 Å². The van der Waals surface area contributed by atoms with E-state index in [9.17, 15) is 18.4 Å². The number of hydrogen-bond donors (Lipinski definition) is 2. The van der Waals surface area contributed by atoms with E-state index in [0.717, 1.165) is 23.3 Å². The Morgan fingerprint density at radius 1 is 1.29 bits per heavy atom. The molecule has 1 unspecified atom stereocenters. The number of thiophene rings is 1. The van der Waals surface area contributed by atoms with Gasteiger partial charge in [0.25, 0.3) is 11.5 Å². The van der Waals surface area contributed by atoms with Crippen LogP contribution in [0.2, 0.25) is 0 Å². The average molecular weight is 413 g/mol. The van der Waals surface area contributed by atoms with Crippen LogP contribution in [0.1, 0.15) is 36.6 Å². The Morgan fingerprint density at radius 3 is 2.54 bits per heavy atom. The van der Waals surface area contributed by atoms with Crippen LogP contribution in [0.15, 0.2) is 9.59 Å². The lowest BCUT2D eigenvalue weighted by molar-refractivity contribution is 0.0950. The minimum atomic E-state index is -2.72. The zero-order chi connectivity index (χ0) is 20.3. The lowest BCUT2D eigenvalue weighted by Crippen LogP contribution is -2.41. The number of rotatable bonds is 8. The molecule has 2 heterocycles. The molecule has 0 aliphatic heterocycles. The van der Waals surface area contributed by atoms with E-state index in [0.29, 0.717) is 36.4 Å². The Hall–Kier alpha value is -1.58. The van der Waals surface area contributed by atoms with Gasteiger partial charge in [-0.2, -0.15) is 0 Å². The maximum atomic E-state index is 13.6. The summed E-state index contributed by atoms with van der Waals surface area (Å²) in [5, 5.41) is 3.69. The molecule has 0 aromatic carbocycles. The topological polar surface area (TPSA) is 82.1 Å². The Morgan fingerprint density at radius 2 is 1.96 bits per heavy atom. The molecule has 0 radical (unpaired) electrons. The van der Waals surface area contributed by atoms with Gasteiger partial charge in [-0.1, -0.05) is 6.92 Å². The predicted molar refractivity (Wildman–Crippen MR) is 106 cm³/mol. The fourth-order valence-electron chi connectivity index (χ4n) is 3.65. The predicted octanol–water partition coefficient (Wildman–Crippen LogP) is 2.04. The molecule has 0 saturated heterocycles. The first kappa shape index (κ1) is 19.7. The summed E-state index contributed by atoms with van der Waals surface area (Å²) in [6.07, 6.45) is 1.73. The summed E-state index contributed by atoms with van der Waals surface area (Å²) in [6, 6.07) is 0. The number of halogens is 2. The van der Waals surface area contributed by atoms with Gasteiger partial charge in [-0.3, -0.25) is 13.9 Å². The number of aromatic nitrogens is 2. The van der Waals surface area contributed by atoms with Gasteiger partial charge in [-0.15, -0.1) is 11.3 Å². The first-order chi connectivity index (χ1) is 13.2. The zero-order valence-electron chi connectivity index (χ0n) is 16.2. The summed E-state index contributed by atoms with van der Waals surface area (Å²) in [5.74, 6) is -3.55. The molecule has 2 aliphatic rings. The van der Waals surface area contributed by atoms with Crippen molar-refractivity contribution in [2.75, 3.05) is 13.1 Å². The summed E-state index contributed by atoms with van der Waals surface area (Å²) in [5.41, 5.74) is 5.53. The molecule has 2 fully saturated rings. The number of nitrogens with zero attached hydrogens (tertiary/aromatic N) is 2. The lowest BCUT2D eigenvalue weighted by atomic mass is 10.1. The van der Waals surface area contributed by atoms with Gasteiger partial charge in [0.15, 0.2) is 0 Å². The van der Waals surface area contributed by atoms with Crippen molar-refractivity contribution in [1.29, 1.82) is 0 Å². The molecular formula is C19H26F2N4O2S. The maximum Gasteiger partial charge on any atom is 0.332 e. The number of nitrogens with two attached hydrogens (primary N) is 1. The fraction of sp³-hybridized carbons (Fsp3) is 0.684. The monoisotopic (exact) mass is 412 g/mol. The van der Waals surface area contributed by atoms with E-state index < -0.39 is 17.5 Å². The summed E-state index contributed by atoms with van der Waals surface area (Å²) >= 11 is 1.34. The van der Waals surface area contributed by atoms with Crippen LogP contribution in [0, 0.1) is 18.3 Å². The van der Waals surface area contributed by atoms with Crippen LogP contribution < -0.4 is 22.3 Å². The Bertz CT molecular complexity index is 1040. The molecule has 4 rings (SSSR count). The van der Waals surface area contributed by atoms with Crippen LogP contribution in [-0.4, -0.2) is 28.1 Å². The molecule has 3 N–H and O–H groups in total. The molecule has 0 spiro atoms. The number of nitrogens with one attached hydrogen (secondary N) is 1. The summed E-state index contributed by atoms with van der Waals surface area (Å²) < 4.78 is 29.8. The van der Waals surface area contributed by atoms with Crippen molar-refractivity contribution in [3.8, 4) is 0 Å².